The Kier molecular flexibility index (Phi) is 4.37. The number of anilines is 1. The molecule has 20 heavy (non-hydrogen) atoms. The van der Waals surface area contributed by atoms with Crippen molar-refractivity contribution in [2.45, 2.75) is 39.0 Å². The summed E-state index contributed by atoms with van der Waals surface area (Å²) < 4.78 is 0. The number of carboxylic acids is 1. The molecule has 1 aromatic heterocycles. The molecule has 1 aromatic rings. The van der Waals surface area contributed by atoms with Gasteiger partial charge in [0.05, 0.1) is 5.41 Å². The Morgan fingerprint density at radius 3 is 2.40 bits per heavy atom. The van der Waals surface area contributed by atoms with Crippen LogP contribution in [0.1, 0.15) is 39.0 Å². The van der Waals surface area contributed by atoms with E-state index in [1.807, 2.05) is 6.92 Å². The van der Waals surface area contributed by atoms with E-state index in [9.17, 15) is 14.7 Å². The van der Waals surface area contributed by atoms with Crippen molar-refractivity contribution in [3.05, 3.63) is 24.5 Å². The summed E-state index contributed by atoms with van der Waals surface area (Å²) in [5, 5.41) is 9.46. The predicted octanol–water partition coefficient (Wildman–Crippen LogP) is 2.47. The minimum Gasteiger partial charge on any atom is -0.481 e. The molecule has 2 rings (SSSR count). The van der Waals surface area contributed by atoms with Crippen molar-refractivity contribution < 1.29 is 14.7 Å². The molecule has 0 atom stereocenters. The number of carboxylic acid groups (broad SMARTS) is 1. The molecule has 0 bridgehead atoms. The first-order valence-electron chi connectivity index (χ1n) is 7.03. The van der Waals surface area contributed by atoms with Gasteiger partial charge in [-0.3, -0.25) is 14.6 Å². The molecular weight excluding hydrogens is 256 g/mol. The molecule has 1 aliphatic carbocycles. The summed E-state index contributed by atoms with van der Waals surface area (Å²) in [6.07, 6.45) is 6.33. The van der Waals surface area contributed by atoms with Crippen molar-refractivity contribution in [3.8, 4) is 0 Å². The van der Waals surface area contributed by atoms with Gasteiger partial charge in [-0.2, -0.15) is 0 Å². The molecule has 1 heterocycles. The molecular formula is C15H20N2O3. The standard InChI is InChI=1S/C15H20N2O3/c1-2-17(12-5-9-16-10-6-12)13(18)11-15(14(19)20)7-3-4-8-15/h5-6,9-10H,2-4,7-8,11H2,1H3,(H,19,20). The summed E-state index contributed by atoms with van der Waals surface area (Å²) in [4.78, 5) is 29.6. The van der Waals surface area contributed by atoms with Crippen LogP contribution in [0.3, 0.4) is 0 Å². The highest BCUT2D eigenvalue weighted by atomic mass is 16.4. The highest BCUT2D eigenvalue weighted by Gasteiger charge is 2.43. The van der Waals surface area contributed by atoms with Crippen LogP contribution in [0.15, 0.2) is 24.5 Å². The molecule has 5 heteroatoms. The first-order chi connectivity index (χ1) is 9.59. The van der Waals surface area contributed by atoms with Crippen LogP contribution >= 0.6 is 0 Å². The van der Waals surface area contributed by atoms with E-state index >= 15 is 0 Å². The molecule has 1 saturated carbocycles. The second-order valence-electron chi connectivity index (χ2n) is 5.31. The molecule has 0 saturated heterocycles. The van der Waals surface area contributed by atoms with Gasteiger partial charge in [0.15, 0.2) is 0 Å². The summed E-state index contributed by atoms with van der Waals surface area (Å²) in [5.41, 5.74) is -0.0941. The van der Waals surface area contributed by atoms with Crippen molar-refractivity contribution in [3.63, 3.8) is 0 Å². The van der Waals surface area contributed by atoms with Gasteiger partial charge in [-0.05, 0) is 31.9 Å². The summed E-state index contributed by atoms with van der Waals surface area (Å²) in [6.45, 7) is 2.42. The van der Waals surface area contributed by atoms with Crippen LogP contribution in [0.4, 0.5) is 5.69 Å². The van der Waals surface area contributed by atoms with Gasteiger partial charge in [-0.25, -0.2) is 0 Å². The van der Waals surface area contributed by atoms with Gasteiger partial charge in [-0.15, -0.1) is 0 Å². The second kappa shape index (κ2) is 6.03. The lowest BCUT2D eigenvalue weighted by Crippen LogP contribution is -2.38. The zero-order chi connectivity index (χ0) is 14.6. The van der Waals surface area contributed by atoms with E-state index in [0.717, 1.165) is 18.5 Å². The van der Waals surface area contributed by atoms with Crippen LogP contribution < -0.4 is 4.90 Å². The summed E-state index contributed by atoms with van der Waals surface area (Å²) >= 11 is 0. The molecule has 1 fully saturated rings. The van der Waals surface area contributed by atoms with Crippen molar-refractivity contribution in [1.29, 1.82) is 0 Å². The zero-order valence-corrected chi connectivity index (χ0v) is 11.7. The first kappa shape index (κ1) is 14.5. The van der Waals surface area contributed by atoms with Gasteiger partial charge < -0.3 is 10.0 Å². The number of carbonyl (C=O) groups excluding carboxylic acids is 1. The average molecular weight is 276 g/mol. The van der Waals surface area contributed by atoms with E-state index in [1.165, 1.54) is 0 Å². The molecule has 1 N–H and O–H groups in total. The SMILES string of the molecule is CCN(C(=O)CC1(C(=O)O)CCCC1)c1ccncc1. The number of aliphatic carboxylic acids is 1. The minimum atomic E-state index is -0.864. The summed E-state index contributed by atoms with van der Waals surface area (Å²) in [6, 6.07) is 3.53. The number of amides is 1. The smallest absolute Gasteiger partial charge is 0.310 e. The maximum atomic E-state index is 12.5. The summed E-state index contributed by atoms with van der Waals surface area (Å²) in [7, 11) is 0. The quantitative estimate of drug-likeness (QED) is 0.896. The Labute approximate surface area is 118 Å². The maximum Gasteiger partial charge on any atom is 0.310 e. The fourth-order valence-corrected chi connectivity index (χ4v) is 2.93. The number of nitrogens with zero attached hydrogens (tertiary/aromatic N) is 2. The lowest BCUT2D eigenvalue weighted by atomic mass is 9.82. The lowest BCUT2D eigenvalue weighted by Gasteiger charge is -2.28. The monoisotopic (exact) mass is 276 g/mol. The lowest BCUT2D eigenvalue weighted by molar-refractivity contribution is -0.151. The molecule has 0 spiro atoms. The third kappa shape index (κ3) is 2.81. The molecule has 0 aliphatic heterocycles. The Balaban J connectivity index is 2.15. The van der Waals surface area contributed by atoms with Gasteiger partial charge in [0, 0.05) is 31.0 Å². The Hall–Kier alpha value is -1.91. The Bertz CT molecular complexity index is 481. The Morgan fingerprint density at radius 1 is 1.30 bits per heavy atom. The highest BCUT2D eigenvalue weighted by Crippen LogP contribution is 2.42. The van der Waals surface area contributed by atoms with Crippen molar-refractivity contribution in [2.75, 3.05) is 11.4 Å². The predicted molar refractivity (Wildman–Crippen MR) is 75.4 cm³/mol. The molecule has 108 valence electrons. The van der Waals surface area contributed by atoms with E-state index in [1.54, 1.807) is 29.4 Å². The highest BCUT2D eigenvalue weighted by molar-refractivity contribution is 5.96. The molecule has 1 amide bonds. The Morgan fingerprint density at radius 2 is 1.90 bits per heavy atom. The molecule has 0 unspecified atom stereocenters. The fourth-order valence-electron chi connectivity index (χ4n) is 2.93. The van der Waals surface area contributed by atoms with Crippen molar-refractivity contribution >= 4 is 17.6 Å². The number of hydrogen-bond acceptors (Lipinski definition) is 3. The minimum absolute atomic E-state index is 0.0818. The van der Waals surface area contributed by atoms with E-state index < -0.39 is 11.4 Å². The molecule has 5 nitrogen and oxygen atoms in total. The van der Waals surface area contributed by atoms with E-state index in [4.69, 9.17) is 0 Å². The topological polar surface area (TPSA) is 70.5 Å². The van der Waals surface area contributed by atoms with Gasteiger partial charge in [0.1, 0.15) is 0 Å². The van der Waals surface area contributed by atoms with Gasteiger partial charge >= 0.3 is 5.97 Å². The molecule has 0 radical (unpaired) electrons. The van der Waals surface area contributed by atoms with Gasteiger partial charge in [0.2, 0.25) is 5.91 Å². The number of carbonyl (C=O) groups is 2. The van der Waals surface area contributed by atoms with Crippen LogP contribution in [0.5, 0.6) is 0 Å². The van der Waals surface area contributed by atoms with E-state index in [2.05, 4.69) is 4.98 Å². The van der Waals surface area contributed by atoms with Crippen molar-refractivity contribution in [1.82, 2.24) is 4.98 Å². The molecule has 0 aromatic carbocycles. The van der Waals surface area contributed by atoms with Crippen LogP contribution in [-0.4, -0.2) is 28.5 Å². The van der Waals surface area contributed by atoms with Gasteiger partial charge in [-0.1, -0.05) is 12.8 Å². The van der Waals surface area contributed by atoms with Crippen LogP contribution in [0.25, 0.3) is 0 Å². The van der Waals surface area contributed by atoms with Gasteiger partial charge in [0.25, 0.3) is 0 Å². The third-order valence-corrected chi connectivity index (χ3v) is 4.10. The summed E-state index contributed by atoms with van der Waals surface area (Å²) in [5.74, 6) is -0.961. The number of aromatic nitrogens is 1. The maximum absolute atomic E-state index is 12.5. The average Bonchev–Trinajstić information content (AvgIpc) is 2.90. The van der Waals surface area contributed by atoms with E-state index in [-0.39, 0.29) is 12.3 Å². The zero-order valence-electron chi connectivity index (χ0n) is 11.7. The number of pyridine rings is 1. The van der Waals surface area contributed by atoms with Crippen LogP contribution in [0.2, 0.25) is 0 Å². The fraction of sp³-hybridized carbons (Fsp3) is 0.533. The second-order valence-corrected chi connectivity index (χ2v) is 5.31. The van der Waals surface area contributed by atoms with Crippen LogP contribution in [-0.2, 0) is 9.59 Å². The normalized spacial score (nSPS) is 16.9. The number of hydrogen-bond donors (Lipinski definition) is 1. The van der Waals surface area contributed by atoms with E-state index in [0.29, 0.717) is 19.4 Å². The number of rotatable bonds is 5. The molecule has 1 aliphatic rings. The third-order valence-electron chi connectivity index (χ3n) is 4.10. The van der Waals surface area contributed by atoms with Crippen LogP contribution in [0, 0.1) is 5.41 Å². The largest absolute Gasteiger partial charge is 0.481 e. The van der Waals surface area contributed by atoms with Crippen molar-refractivity contribution in [2.24, 2.45) is 5.41 Å². The first-order valence-corrected chi connectivity index (χ1v) is 7.03.